The number of thioether (sulfide) groups is 1. The van der Waals surface area contributed by atoms with Gasteiger partial charge < -0.3 is 15.5 Å². The number of guanidine groups is 1. The molecular formula is C18H36N4S. The van der Waals surface area contributed by atoms with Gasteiger partial charge in [0.05, 0.1) is 0 Å². The highest BCUT2D eigenvalue weighted by Crippen LogP contribution is 2.28. The molecule has 0 aromatic rings. The summed E-state index contributed by atoms with van der Waals surface area (Å²) in [6.45, 7) is 10.1. The zero-order valence-electron chi connectivity index (χ0n) is 15.3. The van der Waals surface area contributed by atoms with Gasteiger partial charge >= 0.3 is 0 Å². The lowest BCUT2D eigenvalue weighted by molar-refractivity contribution is 0.188. The first-order chi connectivity index (χ1) is 11.2. The largest absolute Gasteiger partial charge is 0.357 e. The third-order valence-corrected chi connectivity index (χ3v) is 6.46. The Morgan fingerprint density at radius 2 is 1.96 bits per heavy atom. The molecule has 0 radical (unpaired) electrons. The Hall–Kier alpha value is -0.420. The number of piperidine rings is 1. The minimum atomic E-state index is 0.609. The van der Waals surface area contributed by atoms with Gasteiger partial charge in [-0.05, 0) is 77.3 Å². The zero-order chi connectivity index (χ0) is 16.5. The molecule has 2 N–H and O–H groups in total. The van der Waals surface area contributed by atoms with Gasteiger partial charge in [-0.3, -0.25) is 4.99 Å². The fourth-order valence-electron chi connectivity index (χ4n) is 3.75. The molecule has 5 heteroatoms. The number of likely N-dealkylation sites (tertiary alicyclic amines) is 1. The number of hydrogen-bond acceptors (Lipinski definition) is 3. The quantitative estimate of drug-likeness (QED) is 0.552. The molecule has 2 rings (SSSR count). The summed E-state index contributed by atoms with van der Waals surface area (Å²) in [6, 6.07) is 0.609. The van der Waals surface area contributed by atoms with E-state index in [1.54, 1.807) is 0 Å². The zero-order valence-corrected chi connectivity index (χ0v) is 16.1. The molecule has 1 heterocycles. The summed E-state index contributed by atoms with van der Waals surface area (Å²) in [5.41, 5.74) is 0. The third-order valence-electron chi connectivity index (χ3n) is 5.36. The van der Waals surface area contributed by atoms with Gasteiger partial charge in [0.2, 0.25) is 0 Å². The number of aliphatic imine (C=N–C) groups is 1. The predicted molar refractivity (Wildman–Crippen MR) is 104 cm³/mol. The molecule has 1 aliphatic carbocycles. The fraction of sp³-hybridized carbons (Fsp3) is 0.944. The average Bonchev–Trinajstić information content (AvgIpc) is 3.03. The lowest BCUT2D eigenvalue weighted by Gasteiger charge is -2.30. The first kappa shape index (κ1) is 18.9. The standard InChI is InChI=1S/C18H36N4S/c1-4-19-18(21-16-6-7-17(14-16)23-3)20-11-8-15-9-12-22(5-2)13-10-15/h15-17H,4-14H2,1-3H3,(H2,19,20,21). The number of rotatable bonds is 7. The SMILES string of the molecule is CCNC(=NCCC1CCN(CC)CC1)NC1CCC(SC)C1. The van der Waals surface area contributed by atoms with E-state index in [2.05, 4.69) is 35.6 Å². The Morgan fingerprint density at radius 1 is 1.17 bits per heavy atom. The molecule has 0 bridgehead atoms. The van der Waals surface area contributed by atoms with Crippen LogP contribution in [-0.2, 0) is 0 Å². The Morgan fingerprint density at radius 3 is 2.57 bits per heavy atom. The van der Waals surface area contributed by atoms with Crippen LogP contribution in [0.4, 0.5) is 0 Å². The van der Waals surface area contributed by atoms with Gasteiger partial charge in [-0.15, -0.1) is 0 Å². The highest BCUT2D eigenvalue weighted by molar-refractivity contribution is 7.99. The Bertz CT molecular complexity index is 353. The van der Waals surface area contributed by atoms with E-state index in [1.165, 1.54) is 58.2 Å². The van der Waals surface area contributed by atoms with Crippen molar-refractivity contribution in [2.75, 3.05) is 39.0 Å². The molecule has 2 fully saturated rings. The number of nitrogens with one attached hydrogen (secondary N) is 2. The average molecular weight is 341 g/mol. The highest BCUT2D eigenvalue weighted by Gasteiger charge is 2.24. The van der Waals surface area contributed by atoms with Gasteiger partial charge in [0, 0.05) is 24.4 Å². The van der Waals surface area contributed by atoms with E-state index in [0.717, 1.165) is 30.2 Å². The highest BCUT2D eigenvalue weighted by atomic mass is 32.2. The van der Waals surface area contributed by atoms with Crippen LogP contribution in [-0.4, -0.2) is 61.1 Å². The van der Waals surface area contributed by atoms with Crippen molar-refractivity contribution in [1.29, 1.82) is 0 Å². The Kier molecular flexibility index (Phi) is 8.59. The molecule has 1 saturated heterocycles. The lowest BCUT2D eigenvalue weighted by Crippen LogP contribution is -2.42. The van der Waals surface area contributed by atoms with E-state index < -0.39 is 0 Å². The van der Waals surface area contributed by atoms with Crippen molar-refractivity contribution >= 4 is 17.7 Å². The van der Waals surface area contributed by atoms with Crippen LogP contribution in [0.3, 0.4) is 0 Å². The minimum Gasteiger partial charge on any atom is -0.357 e. The maximum Gasteiger partial charge on any atom is 0.191 e. The molecule has 2 aliphatic rings. The van der Waals surface area contributed by atoms with E-state index in [-0.39, 0.29) is 0 Å². The lowest BCUT2D eigenvalue weighted by atomic mass is 9.94. The molecule has 0 aromatic carbocycles. The van der Waals surface area contributed by atoms with E-state index in [0.29, 0.717) is 6.04 Å². The molecule has 0 aromatic heterocycles. The molecule has 134 valence electrons. The predicted octanol–water partition coefficient (Wildman–Crippen LogP) is 2.95. The van der Waals surface area contributed by atoms with Gasteiger partial charge in [0.25, 0.3) is 0 Å². The summed E-state index contributed by atoms with van der Waals surface area (Å²) in [6.07, 6.45) is 10.1. The van der Waals surface area contributed by atoms with Crippen molar-refractivity contribution in [3.8, 4) is 0 Å². The van der Waals surface area contributed by atoms with Gasteiger partial charge in [0.1, 0.15) is 0 Å². The van der Waals surface area contributed by atoms with E-state index in [9.17, 15) is 0 Å². The van der Waals surface area contributed by atoms with E-state index >= 15 is 0 Å². The van der Waals surface area contributed by atoms with Crippen LogP contribution >= 0.6 is 11.8 Å². The molecule has 0 amide bonds. The summed E-state index contributed by atoms with van der Waals surface area (Å²) in [5.74, 6) is 1.90. The second-order valence-electron chi connectivity index (χ2n) is 6.94. The smallest absolute Gasteiger partial charge is 0.191 e. The van der Waals surface area contributed by atoms with Gasteiger partial charge in [0.15, 0.2) is 5.96 Å². The maximum atomic E-state index is 4.84. The molecule has 2 atom stereocenters. The molecule has 1 aliphatic heterocycles. The van der Waals surface area contributed by atoms with Crippen LogP contribution in [0.25, 0.3) is 0 Å². The summed E-state index contributed by atoms with van der Waals surface area (Å²) in [7, 11) is 0. The molecule has 23 heavy (non-hydrogen) atoms. The van der Waals surface area contributed by atoms with Crippen molar-refractivity contribution in [3.05, 3.63) is 0 Å². The number of nitrogens with zero attached hydrogens (tertiary/aromatic N) is 2. The third kappa shape index (κ3) is 6.54. The number of hydrogen-bond donors (Lipinski definition) is 2. The van der Waals surface area contributed by atoms with Crippen LogP contribution in [0.1, 0.15) is 52.4 Å². The van der Waals surface area contributed by atoms with Gasteiger partial charge in [-0.1, -0.05) is 6.92 Å². The van der Waals surface area contributed by atoms with Crippen LogP contribution in [0.2, 0.25) is 0 Å². The molecule has 2 unspecified atom stereocenters. The first-order valence-corrected chi connectivity index (χ1v) is 10.8. The minimum absolute atomic E-state index is 0.609. The second kappa shape index (κ2) is 10.4. The van der Waals surface area contributed by atoms with Crippen molar-refractivity contribution in [1.82, 2.24) is 15.5 Å². The van der Waals surface area contributed by atoms with Crippen molar-refractivity contribution < 1.29 is 0 Å². The maximum absolute atomic E-state index is 4.84. The van der Waals surface area contributed by atoms with Gasteiger partial charge in [-0.25, -0.2) is 0 Å². The summed E-state index contributed by atoms with van der Waals surface area (Å²) >= 11 is 2.01. The van der Waals surface area contributed by atoms with Crippen molar-refractivity contribution in [2.45, 2.75) is 63.7 Å². The topological polar surface area (TPSA) is 39.7 Å². The van der Waals surface area contributed by atoms with Crippen molar-refractivity contribution in [2.24, 2.45) is 10.9 Å². The molecular weight excluding hydrogens is 304 g/mol. The van der Waals surface area contributed by atoms with Crippen molar-refractivity contribution in [3.63, 3.8) is 0 Å². The summed E-state index contributed by atoms with van der Waals surface area (Å²) in [5, 5.41) is 7.91. The molecule has 1 saturated carbocycles. The van der Waals surface area contributed by atoms with Gasteiger partial charge in [-0.2, -0.15) is 11.8 Å². The Labute approximate surface area is 147 Å². The van der Waals surface area contributed by atoms with E-state index in [1.807, 2.05) is 11.8 Å². The van der Waals surface area contributed by atoms with Crippen LogP contribution in [0.15, 0.2) is 4.99 Å². The van der Waals surface area contributed by atoms with Crippen LogP contribution in [0, 0.1) is 5.92 Å². The second-order valence-corrected chi connectivity index (χ2v) is 8.08. The molecule has 0 spiro atoms. The first-order valence-electron chi connectivity index (χ1n) is 9.55. The molecule has 4 nitrogen and oxygen atoms in total. The summed E-state index contributed by atoms with van der Waals surface area (Å²) < 4.78 is 0. The Balaban J connectivity index is 1.71. The summed E-state index contributed by atoms with van der Waals surface area (Å²) in [4.78, 5) is 7.40. The van der Waals surface area contributed by atoms with Crippen LogP contribution in [0.5, 0.6) is 0 Å². The van der Waals surface area contributed by atoms with Crippen LogP contribution < -0.4 is 10.6 Å². The van der Waals surface area contributed by atoms with E-state index in [4.69, 9.17) is 4.99 Å². The fourth-order valence-corrected chi connectivity index (χ4v) is 4.55. The monoisotopic (exact) mass is 340 g/mol. The normalized spacial score (nSPS) is 27.3.